The SMILES string of the molecule is COc1cc(OC)cc(C(=O)NC[C@H](O)c2ccc(Cl)cc2)c1. The lowest BCUT2D eigenvalue weighted by molar-refractivity contribution is 0.0915. The van der Waals surface area contributed by atoms with Crippen LogP contribution in [0.4, 0.5) is 0 Å². The number of carbonyl (C=O) groups is 1. The number of halogens is 1. The molecule has 0 unspecified atom stereocenters. The molecule has 0 spiro atoms. The van der Waals surface area contributed by atoms with Gasteiger partial charge in [0.2, 0.25) is 0 Å². The molecule has 0 saturated heterocycles. The van der Waals surface area contributed by atoms with Crippen molar-refractivity contribution in [1.82, 2.24) is 5.32 Å². The first-order chi connectivity index (χ1) is 11.0. The third-order valence-electron chi connectivity index (χ3n) is 3.32. The van der Waals surface area contributed by atoms with Gasteiger partial charge in [0, 0.05) is 23.2 Å². The van der Waals surface area contributed by atoms with Crippen LogP contribution in [0.2, 0.25) is 5.02 Å². The molecule has 2 N–H and O–H groups in total. The summed E-state index contributed by atoms with van der Waals surface area (Å²) in [6.45, 7) is 0.0833. The Morgan fingerprint density at radius 2 is 1.70 bits per heavy atom. The number of aliphatic hydroxyl groups excluding tert-OH is 1. The second-order valence-electron chi connectivity index (χ2n) is 4.88. The van der Waals surface area contributed by atoms with E-state index in [4.69, 9.17) is 21.1 Å². The van der Waals surface area contributed by atoms with Gasteiger partial charge in [-0.1, -0.05) is 23.7 Å². The van der Waals surface area contributed by atoms with Crippen molar-refractivity contribution in [2.24, 2.45) is 0 Å². The van der Waals surface area contributed by atoms with E-state index in [0.717, 1.165) is 0 Å². The molecule has 0 aliphatic rings. The van der Waals surface area contributed by atoms with Gasteiger partial charge >= 0.3 is 0 Å². The number of aliphatic hydroxyl groups is 1. The van der Waals surface area contributed by atoms with E-state index in [0.29, 0.717) is 27.6 Å². The quantitative estimate of drug-likeness (QED) is 0.851. The zero-order valence-electron chi connectivity index (χ0n) is 12.9. The molecular weight excluding hydrogens is 318 g/mol. The molecule has 1 amide bonds. The van der Waals surface area contributed by atoms with Crippen LogP contribution >= 0.6 is 11.6 Å². The van der Waals surface area contributed by atoms with E-state index in [1.165, 1.54) is 14.2 Å². The number of benzene rings is 2. The van der Waals surface area contributed by atoms with Gasteiger partial charge in [0.1, 0.15) is 11.5 Å². The monoisotopic (exact) mass is 335 g/mol. The van der Waals surface area contributed by atoms with Crippen molar-refractivity contribution in [2.75, 3.05) is 20.8 Å². The molecule has 5 nitrogen and oxygen atoms in total. The van der Waals surface area contributed by atoms with Crippen LogP contribution < -0.4 is 14.8 Å². The fourth-order valence-electron chi connectivity index (χ4n) is 2.03. The minimum Gasteiger partial charge on any atom is -0.497 e. The number of methoxy groups -OCH3 is 2. The summed E-state index contributed by atoms with van der Waals surface area (Å²) >= 11 is 5.81. The van der Waals surface area contributed by atoms with Crippen LogP contribution in [0.25, 0.3) is 0 Å². The van der Waals surface area contributed by atoms with E-state index in [9.17, 15) is 9.90 Å². The normalized spacial score (nSPS) is 11.7. The Bertz CT molecular complexity index is 651. The minimum atomic E-state index is -0.816. The zero-order valence-corrected chi connectivity index (χ0v) is 13.6. The van der Waals surface area contributed by atoms with Gasteiger partial charge in [-0.25, -0.2) is 0 Å². The summed E-state index contributed by atoms with van der Waals surface area (Å²) in [6.07, 6.45) is -0.816. The molecule has 0 radical (unpaired) electrons. The third kappa shape index (κ3) is 4.61. The second kappa shape index (κ2) is 7.85. The first-order valence-electron chi connectivity index (χ1n) is 6.98. The van der Waals surface area contributed by atoms with E-state index in [2.05, 4.69) is 5.32 Å². The van der Waals surface area contributed by atoms with E-state index in [-0.39, 0.29) is 12.5 Å². The van der Waals surface area contributed by atoms with E-state index in [1.807, 2.05) is 0 Å². The average molecular weight is 336 g/mol. The highest BCUT2D eigenvalue weighted by atomic mass is 35.5. The van der Waals surface area contributed by atoms with Gasteiger partial charge in [-0.05, 0) is 29.8 Å². The van der Waals surface area contributed by atoms with Gasteiger partial charge in [-0.3, -0.25) is 4.79 Å². The first kappa shape index (κ1) is 17.1. The fourth-order valence-corrected chi connectivity index (χ4v) is 2.16. The number of rotatable bonds is 6. The van der Waals surface area contributed by atoms with Gasteiger partial charge in [-0.15, -0.1) is 0 Å². The van der Waals surface area contributed by atoms with Gasteiger partial charge in [0.15, 0.2) is 0 Å². The van der Waals surface area contributed by atoms with Crippen molar-refractivity contribution >= 4 is 17.5 Å². The zero-order chi connectivity index (χ0) is 16.8. The summed E-state index contributed by atoms with van der Waals surface area (Å²) in [5.74, 6) is 0.718. The molecule has 2 aromatic rings. The topological polar surface area (TPSA) is 67.8 Å². The van der Waals surface area contributed by atoms with Crippen LogP contribution in [-0.2, 0) is 0 Å². The lowest BCUT2D eigenvalue weighted by Crippen LogP contribution is -2.28. The molecular formula is C17H18ClNO4. The average Bonchev–Trinajstić information content (AvgIpc) is 2.59. The standard InChI is InChI=1S/C17H18ClNO4/c1-22-14-7-12(8-15(9-14)23-2)17(21)19-10-16(20)11-3-5-13(18)6-4-11/h3-9,16,20H,10H2,1-2H3,(H,19,21)/t16-/m0/s1. The number of amides is 1. The third-order valence-corrected chi connectivity index (χ3v) is 3.58. The second-order valence-corrected chi connectivity index (χ2v) is 5.32. The van der Waals surface area contributed by atoms with Crippen molar-refractivity contribution in [1.29, 1.82) is 0 Å². The summed E-state index contributed by atoms with van der Waals surface area (Å²) in [6, 6.07) is 11.7. The van der Waals surface area contributed by atoms with Gasteiger partial charge in [0.05, 0.1) is 20.3 Å². The van der Waals surface area contributed by atoms with Crippen molar-refractivity contribution in [3.05, 3.63) is 58.6 Å². The molecule has 122 valence electrons. The van der Waals surface area contributed by atoms with Crippen molar-refractivity contribution < 1.29 is 19.4 Å². The molecule has 0 heterocycles. The van der Waals surface area contributed by atoms with Crippen molar-refractivity contribution in [3.8, 4) is 11.5 Å². The largest absolute Gasteiger partial charge is 0.497 e. The Morgan fingerprint density at radius 3 is 2.22 bits per heavy atom. The predicted molar refractivity (Wildman–Crippen MR) is 88.3 cm³/mol. The number of hydrogen-bond donors (Lipinski definition) is 2. The summed E-state index contributed by atoms with van der Waals surface area (Å²) in [4.78, 5) is 12.2. The molecule has 0 aliphatic heterocycles. The highest BCUT2D eigenvalue weighted by Crippen LogP contribution is 2.22. The molecule has 23 heavy (non-hydrogen) atoms. The maximum atomic E-state index is 12.2. The number of nitrogens with one attached hydrogen (secondary N) is 1. The van der Waals surface area contributed by atoms with Crippen molar-refractivity contribution in [3.63, 3.8) is 0 Å². The lowest BCUT2D eigenvalue weighted by atomic mass is 10.1. The Hall–Kier alpha value is -2.24. The first-order valence-corrected chi connectivity index (χ1v) is 7.36. The van der Waals surface area contributed by atoms with Crippen LogP contribution in [0.3, 0.4) is 0 Å². The van der Waals surface area contributed by atoms with E-state index < -0.39 is 6.10 Å². The molecule has 0 bridgehead atoms. The summed E-state index contributed by atoms with van der Waals surface area (Å²) in [5.41, 5.74) is 1.07. The van der Waals surface area contributed by atoms with Gasteiger partial charge in [-0.2, -0.15) is 0 Å². The van der Waals surface area contributed by atoms with Crippen LogP contribution in [-0.4, -0.2) is 31.8 Å². The van der Waals surface area contributed by atoms with Crippen LogP contribution in [0.5, 0.6) is 11.5 Å². The molecule has 0 aliphatic carbocycles. The van der Waals surface area contributed by atoms with E-state index in [1.54, 1.807) is 42.5 Å². The van der Waals surface area contributed by atoms with Crippen LogP contribution in [0, 0.1) is 0 Å². The Balaban J connectivity index is 2.03. The van der Waals surface area contributed by atoms with Crippen LogP contribution in [0.1, 0.15) is 22.0 Å². The Labute approximate surface area is 139 Å². The number of carbonyl (C=O) groups excluding carboxylic acids is 1. The molecule has 1 atom stereocenters. The van der Waals surface area contributed by atoms with E-state index >= 15 is 0 Å². The highest BCUT2D eigenvalue weighted by molar-refractivity contribution is 6.30. The maximum absolute atomic E-state index is 12.2. The maximum Gasteiger partial charge on any atom is 0.251 e. The molecule has 2 aromatic carbocycles. The Morgan fingerprint density at radius 1 is 1.13 bits per heavy atom. The van der Waals surface area contributed by atoms with Gasteiger partial charge < -0.3 is 19.9 Å². The van der Waals surface area contributed by atoms with Crippen molar-refractivity contribution in [2.45, 2.75) is 6.10 Å². The molecule has 6 heteroatoms. The number of ether oxygens (including phenoxy) is 2. The predicted octanol–water partition coefficient (Wildman–Crippen LogP) is 2.82. The smallest absolute Gasteiger partial charge is 0.251 e. The molecule has 0 saturated carbocycles. The summed E-state index contributed by atoms with van der Waals surface area (Å²) in [7, 11) is 3.03. The summed E-state index contributed by atoms with van der Waals surface area (Å²) in [5, 5.41) is 13.4. The Kier molecular flexibility index (Phi) is 5.84. The fraction of sp³-hybridized carbons (Fsp3) is 0.235. The molecule has 2 rings (SSSR count). The van der Waals surface area contributed by atoms with Gasteiger partial charge in [0.25, 0.3) is 5.91 Å². The number of hydrogen-bond acceptors (Lipinski definition) is 4. The van der Waals surface area contributed by atoms with Crippen LogP contribution in [0.15, 0.2) is 42.5 Å². The molecule has 0 aromatic heterocycles. The summed E-state index contributed by atoms with van der Waals surface area (Å²) < 4.78 is 10.3. The molecule has 0 fully saturated rings. The highest BCUT2D eigenvalue weighted by Gasteiger charge is 2.13. The minimum absolute atomic E-state index is 0.0833. The lowest BCUT2D eigenvalue weighted by Gasteiger charge is -2.13.